The van der Waals surface area contributed by atoms with Crippen molar-refractivity contribution in [3.05, 3.63) is 65.4 Å². The van der Waals surface area contributed by atoms with Crippen molar-refractivity contribution >= 4 is 16.8 Å². The van der Waals surface area contributed by atoms with Crippen LogP contribution in [0.2, 0.25) is 0 Å². The Labute approximate surface area is 129 Å². The Kier molecular flexibility index (Phi) is 2.93. The summed E-state index contributed by atoms with van der Waals surface area (Å²) < 4.78 is 0. The lowest BCUT2D eigenvalue weighted by molar-refractivity contribution is 0.0946. The van der Waals surface area contributed by atoms with Crippen LogP contribution in [0.25, 0.3) is 22.0 Å². The topological polar surface area (TPSA) is 42.0 Å². The van der Waals surface area contributed by atoms with E-state index in [2.05, 4.69) is 29.4 Å². The highest BCUT2D eigenvalue weighted by Gasteiger charge is 2.20. The van der Waals surface area contributed by atoms with E-state index in [0.29, 0.717) is 6.54 Å². The molecule has 1 amide bonds. The van der Waals surface area contributed by atoms with Crippen LogP contribution in [0.5, 0.6) is 0 Å². The van der Waals surface area contributed by atoms with E-state index in [4.69, 9.17) is 0 Å². The van der Waals surface area contributed by atoms with Crippen molar-refractivity contribution in [3.63, 3.8) is 0 Å². The number of rotatable bonds is 1. The van der Waals surface area contributed by atoms with Crippen LogP contribution in [0.4, 0.5) is 0 Å². The highest BCUT2D eigenvalue weighted by molar-refractivity contribution is 5.98. The average Bonchev–Trinajstić information content (AvgIpc) is 2.56. The second kappa shape index (κ2) is 4.95. The van der Waals surface area contributed by atoms with Crippen LogP contribution in [0.15, 0.2) is 48.7 Å². The molecule has 3 heteroatoms. The van der Waals surface area contributed by atoms with E-state index in [9.17, 15) is 4.79 Å². The van der Waals surface area contributed by atoms with Crippen LogP contribution in [0.3, 0.4) is 0 Å². The summed E-state index contributed by atoms with van der Waals surface area (Å²) in [5, 5.41) is 4.03. The number of hydrogen-bond acceptors (Lipinski definition) is 2. The van der Waals surface area contributed by atoms with Gasteiger partial charge in [-0.25, -0.2) is 0 Å². The second-order valence-corrected chi connectivity index (χ2v) is 5.69. The Hall–Kier alpha value is -2.68. The molecule has 0 atom stereocenters. The number of carbonyl (C=O) groups is 1. The number of nitrogens with one attached hydrogen (secondary N) is 1. The Morgan fingerprint density at radius 1 is 1.09 bits per heavy atom. The molecule has 108 valence electrons. The maximum Gasteiger partial charge on any atom is 0.251 e. The van der Waals surface area contributed by atoms with Crippen LogP contribution in [0, 0.1) is 6.92 Å². The van der Waals surface area contributed by atoms with Gasteiger partial charge in [0.25, 0.3) is 5.91 Å². The number of aromatic nitrogens is 1. The van der Waals surface area contributed by atoms with Gasteiger partial charge in [0.15, 0.2) is 0 Å². The number of amides is 1. The molecule has 22 heavy (non-hydrogen) atoms. The summed E-state index contributed by atoms with van der Waals surface area (Å²) in [6.45, 7) is 2.81. The minimum atomic E-state index is 0.0348. The van der Waals surface area contributed by atoms with Gasteiger partial charge < -0.3 is 5.32 Å². The number of hydrogen-bond donors (Lipinski definition) is 1. The van der Waals surface area contributed by atoms with E-state index in [1.807, 2.05) is 36.5 Å². The Morgan fingerprint density at radius 3 is 2.82 bits per heavy atom. The van der Waals surface area contributed by atoms with Gasteiger partial charge in [0.1, 0.15) is 0 Å². The largest absolute Gasteiger partial charge is 0.352 e. The number of benzene rings is 2. The van der Waals surface area contributed by atoms with Gasteiger partial charge in [-0.1, -0.05) is 24.3 Å². The summed E-state index contributed by atoms with van der Waals surface area (Å²) in [4.78, 5) is 16.5. The SMILES string of the molecule is Cc1c(-c2cnc3ccccc3c2)ccc2c1CCNC2=O. The van der Waals surface area contributed by atoms with Crippen molar-refractivity contribution in [2.75, 3.05) is 6.54 Å². The van der Waals surface area contributed by atoms with Gasteiger partial charge in [-0.05, 0) is 48.2 Å². The monoisotopic (exact) mass is 288 g/mol. The van der Waals surface area contributed by atoms with Crippen LogP contribution in [0.1, 0.15) is 21.5 Å². The van der Waals surface area contributed by atoms with Gasteiger partial charge in [-0.3, -0.25) is 9.78 Å². The molecule has 0 aliphatic carbocycles. The second-order valence-electron chi connectivity index (χ2n) is 5.69. The third-order valence-electron chi connectivity index (χ3n) is 4.41. The molecule has 1 N–H and O–H groups in total. The van der Waals surface area contributed by atoms with Crippen molar-refractivity contribution in [1.82, 2.24) is 10.3 Å². The smallest absolute Gasteiger partial charge is 0.251 e. The van der Waals surface area contributed by atoms with Gasteiger partial charge >= 0.3 is 0 Å². The first kappa shape index (κ1) is 13.0. The molecule has 0 spiro atoms. The van der Waals surface area contributed by atoms with Crippen LogP contribution < -0.4 is 5.32 Å². The summed E-state index contributed by atoms with van der Waals surface area (Å²) >= 11 is 0. The zero-order valence-corrected chi connectivity index (χ0v) is 12.4. The summed E-state index contributed by atoms with van der Waals surface area (Å²) in [5.41, 5.74) is 6.41. The zero-order chi connectivity index (χ0) is 15.1. The maximum atomic E-state index is 11.9. The number of nitrogens with zero attached hydrogens (tertiary/aromatic N) is 1. The minimum absolute atomic E-state index is 0.0348. The number of fused-ring (bicyclic) bond motifs is 2. The summed E-state index contributed by atoms with van der Waals surface area (Å²) in [6.07, 6.45) is 2.81. The van der Waals surface area contributed by atoms with Crippen LogP contribution in [-0.4, -0.2) is 17.4 Å². The van der Waals surface area contributed by atoms with Crippen molar-refractivity contribution in [2.24, 2.45) is 0 Å². The van der Waals surface area contributed by atoms with Crippen LogP contribution in [-0.2, 0) is 6.42 Å². The molecule has 0 saturated heterocycles. The summed E-state index contributed by atoms with van der Waals surface area (Å²) in [7, 11) is 0. The van der Waals surface area contributed by atoms with E-state index in [1.165, 1.54) is 5.56 Å². The van der Waals surface area contributed by atoms with E-state index in [0.717, 1.165) is 39.6 Å². The first-order valence-corrected chi connectivity index (χ1v) is 7.50. The quantitative estimate of drug-likeness (QED) is 0.744. The Balaban J connectivity index is 1.89. The molecular weight excluding hydrogens is 272 g/mol. The third-order valence-corrected chi connectivity index (χ3v) is 4.41. The zero-order valence-electron chi connectivity index (χ0n) is 12.4. The van der Waals surface area contributed by atoms with Gasteiger partial charge in [0.05, 0.1) is 5.52 Å². The lowest BCUT2D eigenvalue weighted by Gasteiger charge is -2.20. The predicted molar refractivity (Wildman–Crippen MR) is 88.0 cm³/mol. The molecule has 3 aromatic rings. The minimum Gasteiger partial charge on any atom is -0.352 e. The fraction of sp³-hybridized carbons (Fsp3) is 0.158. The highest BCUT2D eigenvalue weighted by atomic mass is 16.1. The highest BCUT2D eigenvalue weighted by Crippen LogP contribution is 2.30. The number of pyridine rings is 1. The van der Waals surface area contributed by atoms with Crippen molar-refractivity contribution in [3.8, 4) is 11.1 Å². The van der Waals surface area contributed by atoms with Crippen molar-refractivity contribution in [1.29, 1.82) is 0 Å². The Bertz CT molecular complexity index is 899. The predicted octanol–water partition coefficient (Wildman–Crippen LogP) is 3.50. The van der Waals surface area contributed by atoms with E-state index in [-0.39, 0.29) is 5.91 Å². The van der Waals surface area contributed by atoms with E-state index < -0.39 is 0 Å². The van der Waals surface area contributed by atoms with Gasteiger partial charge in [0.2, 0.25) is 0 Å². The molecule has 0 radical (unpaired) electrons. The number of carbonyl (C=O) groups excluding carboxylic acids is 1. The molecular formula is C19H16N2O. The normalized spacial score (nSPS) is 13.8. The summed E-state index contributed by atoms with van der Waals surface area (Å²) in [5.74, 6) is 0.0348. The Morgan fingerprint density at radius 2 is 1.91 bits per heavy atom. The fourth-order valence-electron chi connectivity index (χ4n) is 3.22. The molecule has 2 aromatic carbocycles. The molecule has 1 aliphatic heterocycles. The van der Waals surface area contributed by atoms with E-state index >= 15 is 0 Å². The first-order chi connectivity index (χ1) is 10.7. The third kappa shape index (κ3) is 1.98. The van der Waals surface area contributed by atoms with Crippen molar-refractivity contribution < 1.29 is 4.79 Å². The fourth-order valence-corrected chi connectivity index (χ4v) is 3.22. The molecule has 0 bridgehead atoms. The van der Waals surface area contributed by atoms with Crippen molar-refractivity contribution in [2.45, 2.75) is 13.3 Å². The molecule has 0 saturated carbocycles. The lowest BCUT2D eigenvalue weighted by atomic mass is 9.89. The average molecular weight is 288 g/mol. The number of para-hydroxylation sites is 1. The standard InChI is InChI=1S/C19H16N2O/c1-12-15(6-7-17-16(12)8-9-20-19(17)22)14-10-13-4-2-3-5-18(13)21-11-14/h2-7,10-11H,8-9H2,1H3,(H,20,22). The molecule has 0 fully saturated rings. The van der Waals surface area contributed by atoms with Gasteiger partial charge in [-0.2, -0.15) is 0 Å². The van der Waals surface area contributed by atoms with Gasteiger partial charge in [0, 0.05) is 29.3 Å². The van der Waals surface area contributed by atoms with Gasteiger partial charge in [-0.15, -0.1) is 0 Å². The van der Waals surface area contributed by atoms with E-state index in [1.54, 1.807) is 0 Å². The molecule has 4 rings (SSSR count). The molecule has 1 aromatic heterocycles. The maximum absolute atomic E-state index is 11.9. The molecule has 3 nitrogen and oxygen atoms in total. The lowest BCUT2D eigenvalue weighted by Crippen LogP contribution is -2.32. The molecule has 2 heterocycles. The first-order valence-electron chi connectivity index (χ1n) is 7.50. The molecule has 0 unspecified atom stereocenters. The molecule has 1 aliphatic rings. The summed E-state index contributed by atoms with van der Waals surface area (Å²) in [6, 6.07) is 14.2. The van der Waals surface area contributed by atoms with Crippen LogP contribution >= 0.6 is 0 Å².